The van der Waals surface area contributed by atoms with Gasteiger partial charge in [-0.15, -0.1) is 0 Å². The number of anilines is 1. The number of rotatable bonds is 5. The van der Waals surface area contributed by atoms with Gasteiger partial charge in [-0.05, 0) is 57.3 Å². The quantitative estimate of drug-likeness (QED) is 0.881. The number of hydrogen-bond donors (Lipinski definition) is 1. The van der Waals surface area contributed by atoms with Crippen LogP contribution < -0.4 is 5.32 Å². The van der Waals surface area contributed by atoms with E-state index in [0.29, 0.717) is 5.92 Å². The van der Waals surface area contributed by atoms with Crippen molar-refractivity contribution in [2.45, 2.75) is 39.2 Å². The Bertz CT molecular complexity index is 434. The zero-order valence-electron chi connectivity index (χ0n) is 12.3. The molecule has 2 rings (SSSR count). The van der Waals surface area contributed by atoms with Crippen molar-refractivity contribution in [3.8, 4) is 0 Å². The lowest BCUT2D eigenvalue weighted by Gasteiger charge is -2.36. The molecule has 112 valence electrons. The molecule has 0 radical (unpaired) electrons. The predicted octanol–water partition coefficient (Wildman–Crippen LogP) is 3.89. The van der Waals surface area contributed by atoms with Crippen LogP contribution in [0.15, 0.2) is 18.2 Å². The van der Waals surface area contributed by atoms with Gasteiger partial charge in [-0.3, -0.25) is 0 Å². The molecule has 1 aromatic rings. The highest BCUT2D eigenvalue weighted by atomic mass is 19.2. The van der Waals surface area contributed by atoms with Gasteiger partial charge in [0.25, 0.3) is 0 Å². The first-order chi connectivity index (χ1) is 9.61. The normalized spacial score (nSPS) is 21.7. The lowest BCUT2D eigenvalue weighted by Crippen LogP contribution is -2.42. The Morgan fingerprint density at radius 3 is 2.95 bits per heavy atom. The van der Waals surface area contributed by atoms with E-state index in [9.17, 15) is 8.78 Å². The van der Waals surface area contributed by atoms with Gasteiger partial charge in [0, 0.05) is 12.6 Å². The molecule has 4 heteroatoms. The standard InChI is InChI=1S/C16H24F2N2/c1-3-9-20-10-5-6-13(11-20)12(2)19-15-8-4-7-14(17)16(15)18/h4,7-8,12-13,19H,3,5-6,9-11H2,1-2H3. The van der Waals surface area contributed by atoms with E-state index in [1.807, 2.05) is 0 Å². The number of piperidine rings is 1. The summed E-state index contributed by atoms with van der Waals surface area (Å²) in [5.41, 5.74) is 0.269. The molecule has 0 spiro atoms. The lowest BCUT2D eigenvalue weighted by molar-refractivity contribution is 0.165. The van der Waals surface area contributed by atoms with Crippen LogP contribution in [0.25, 0.3) is 0 Å². The highest BCUT2D eigenvalue weighted by Crippen LogP contribution is 2.24. The van der Waals surface area contributed by atoms with Gasteiger partial charge in [-0.25, -0.2) is 8.78 Å². The van der Waals surface area contributed by atoms with E-state index in [2.05, 4.69) is 24.1 Å². The van der Waals surface area contributed by atoms with Crippen molar-refractivity contribution in [2.24, 2.45) is 5.92 Å². The van der Waals surface area contributed by atoms with Gasteiger partial charge in [-0.2, -0.15) is 0 Å². The van der Waals surface area contributed by atoms with Crippen LogP contribution in [-0.4, -0.2) is 30.6 Å². The molecule has 0 aliphatic carbocycles. The lowest BCUT2D eigenvalue weighted by atomic mass is 9.91. The van der Waals surface area contributed by atoms with Gasteiger partial charge in [0.2, 0.25) is 0 Å². The van der Waals surface area contributed by atoms with E-state index >= 15 is 0 Å². The first-order valence-corrected chi connectivity index (χ1v) is 7.54. The Morgan fingerprint density at radius 2 is 2.20 bits per heavy atom. The van der Waals surface area contributed by atoms with Gasteiger partial charge in [0.15, 0.2) is 11.6 Å². The highest BCUT2D eigenvalue weighted by molar-refractivity contribution is 5.45. The summed E-state index contributed by atoms with van der Waals surface area (Å²) in [6, 6.07) is 4.43. The molecule has 20 heavy (non-hydrogen) atoms. The molecule has 1 aromatic carbocycles. The van der Waals surface area contributed by atoms with Crippen molar-refractivity contribution >= 4 is 5.69 Å². The Kier molecular flexibility index (Phi) is 5.35. The summed E-state index contributed by atoms with van der Waals surface area (Å²) in [5.74, 6) is -1.09. The summed E-state index contributed by atoms with van der Waals surface area (Å²) in [7, 11) is 0. The van der Waals surface area contributed by atoms with E-state index in [1.165, 1.54) is 12.5 Å². The second-order valence-corrected chi connectivity index (χ2v) is 5.74. The molecule has 1 aliphatic rings. The molecule has 0 bridgehead atoms. The minimum atomic E-state index is -0.793. The third-order valence-electron chi connectivity index (χ3n) is 4.12. The predicted molar refractivity (Wildman–Crippen MR) is 78.9 cm³/mol. The molecule has 2 unspecified atom stereocenters. The van der Waals surface area contributed by atoms with Gasteiger partial charge < -0.3 is 10.2 Å². The third kappa shape index (κ3) is 3.69. The fourth-order valence-electron chi connectivity index (χ4n) is 3.00. The zero-order valence-corrected chi connectivity index (χ0v) is 12.3. The molecule has 1 aliphatic heterocycles. The van der Waals surface area contributed by atoms with E-state index in [-0.39, 0.29) is 11.7 Å². The van der Waals surface area contributed by atoms with Crippen molar-refractivity contribution in [1.29, 1.82) is 0 Å². The van der Waals surface area contributed by atoms with E-state index in [4.69, 9.17) is 0 Å². The maximum Gasteiger partial charge on any atom is 0.181 e. The molecule has 1 N–H and O–H groups in total. The maximum atomic E-state index is 13.7. The summed E-state index contributed by atoms with van der Waals surface area (Å²) < 4.78 is 26.9. The van der Waals surface area contributed by atoms with Crippen LogP contribution in [0.1, 0.15) is 33.1 Å². The van der Waals surface area contributed by atoms with Gasteiger partial charge in [-0.1, -0.05) is 13.0 Å². The summed E-state index contributed by atoms with van der Waals surface area (Å²) in [4.78, 5) is 2.47. The van der Waals surface area contributed by atoms with Gasteiger partial charge in [0.05, 0.1) is 5.69 Å². The SMILES string of the molecule is CCCN1CCCC(C(C)Nc2cccc(F)c2F)C1. The summed E-state index contributed by atoms with van der Waals surface area (Å²) in [6.45, 7) is 7.57. The Morgan fingerprint density at radius 1 is 1.40 bits per heavy atom. The number of halogens is 2. The van der Waals surface area contributed by atoms with E-state index in [0.717, 1.165) is 38.5 Å². The van der Waals surface area contributed by atoms with Crippen LogP contribution in [-0.2, 0) is 0 Å². The van der Waals surface area contributed by atoms with Crippen molar-refractivity contribution in [3.05, 3.63) is 29.8 Å². The molecule has 1 heterocycles. The summed E-state index contributed by atoms with van der Waals surface area (Å²) >= 11 is 0. The minimum absolute atomic E-state index is 0.144. The minimum Gasteiger partial charge on any atom is -0.380 e. The molecule has 2 atom stereocenters. The fourth-order valence-corrected chi connectivity index (χ4v) is 3.00. The smallest absolute Gasteiger partial charge is 0.181 e. The second-order valence-electron chi connectivity index (χ2n) is 5.74. The largest absolute Gasteiger partial charge is 0.380 e. The van der Waals surface area contributed by atoms with Crippen molar-refractivity contribution < 1.29 is 8.78 Å². The van der Waals surface area contributed by atoms with Crippen LogP contribution >= 0.6 is 0 Å². The number of hydrogen-bond acceptors (Lipinski definition) is 2. The van der Waals surface area contributed by atoms with Gasteiger partial charge >= 0.3 is 0 Å². The van der Waals surface area contributed by atoms with Crippen molar-refractivity contribution in [3.63, 3.8) is 0 Å². The van der Waals surface area contributed by atoms with E-state index < -0.39 is 11.6 Å². The molecular weight excluding hydrogens is 258 g/mol. The van der Waals surface area contributed by atoms with Crippen LogP contribution in [0.5, 0.6) is 0 Å². The fraction of sp³-hybridized carbons (Fsp3) is 0.625. The van der Waals surface area contributed by atoms with Crippen LogP contribution in [0.3, 0.4) is 0 Å². The average Bonchev–Trinajstić information content (AvgIpc) is 2.44. The maximum absolute atomic E-state index is 13.7. The molecular formula is C16H24F2N2. The molecule has 1 fully saturated rings. The van der Waals surface area contributed by atoms with Crippen molar-refractivity contribution in [2.75, 3.05) is 25.0 Å². The Labute approximate surface area is 120 Å². The topological polar surface area (TPSA) is 15.3 Å². The first kappa shape index (κ1) is 15.2. The number of benzene rings is 1. The average molecular weight is 282 g/mol. The third-order valence-corrected chi connectivity index (χ3v) is 4.12. The molecule has 2 nitrogen and oxygen atoms in total. The molecule has 1 saturated heterocycles. The number of nitrogens with zero attached hydrogens (tertiary/aromatic N) is 1. The number of likely N-dealkylation sites (tertiary alicyclic amines) is 1. The number of nitrogens with one attached hydrogen (secondary N) is 1. The Hall–Kier alpha value is -1.16. The summed E-state index contributed by atoms with van der Waals surface area (Å²) in [6.07, 6.45) is 3.49. The van der Waals surface area contributed by atoms with Crippen LogP contribution in [0, 0.1) is 17.6 Å². The zero-order chi connectivity index (χ0) is 14.5. The highest BCUT2D eigenvalue weighted by Gasteiger charge is 2.24. The van der Waals surface area contributed by atoms with E-state index in [1.54, 1.807) is 6.07 Å². The summed E-state index contributed by atoms with van der Waals surface area (Å²) in [5, 5.41) is 3.14. The Balaban J connectivity index is 1.97. The van der Waals surface area contributed by atoms with Crippen molar-refractivity contribution in [1.82, 2.24) is 4.90 Å². The van der Waals surface area contributed by atoms with Crippen LogP contribution in [0.4, 0.5) is 14.5 Å². The first-order valence-electron chi connectivity index (χ1n) is 7.54. The second kappa shape index (κ2) is 7.02. The van der Waals surface area contributed by atoms with Gasteiger partial charge in [0.1, 0.15) is 0 Å². The van der Waals surface area contributed by atoms with Crippen LogP contribution in [0.2, 0.25) is 0 Å². The molecule has 0 saturated carbocycles. The monoisotopic (exact) mass is 282 g/mol. The molecule has 0 amide bonds. The molecule has 0 aromatic heterocycles.